The Balaban J connectivity index is -0.000000126. The fourth-order valence-electron chi connectivity index (χ4n) is 0.143. The molecule has 1 N–H and O–H groups in total. The van der Waals surface area contributed by atoms with Crippen LogP contribution >= 0.6 is 0 Å². The number of carboxylic acids is 2. The van der Waals surface area contributed by atoms with Gasteiger partial charge in [0.2, 0.25) is 0 Å². The van der Waals surface area contributed by atoms with Crippen molar-refractivity contribution in [1.29, 1.82) is 0 Å². The third-order valence-electron chi connectivity index (χ3n) is 0.476. The van der Waals surface area contributed by atoms with E-state index < -0.39 is 11.9 Å². The number of hydrogen-bond donors (Lipinski definition) is 1. The van der Waals surface area contributed by atoms with Crippen LogP contribution in [-0.4, -0.2) is 17.0 Å². The third kappa shape index (κ3) is 35.9. The van der Waals surface area contributed by atoms with Gasteiger partial charge in [0.1, 0.15) is 0 Å². The molecule has 0 spiro atoms. The quantitative estimate of drug-likeness (QED) is 0.340. The van der Waals surface area contributed by atoms with Crippen LogP contribution in [0.3, 0.4) is 0 Å². The van der Waals surface area contributed by atoms with Gasteiger partial charge in [-0.2, -0.15) is 0 Å². The van der Waals surface area contributed by atoms with E-state index in [2.05, 4.69) is 6.58 Å². The molecule has 0 atom stereocenters. The largest absolute Gasteiger partial charge is 1.00 e. The molecule has 0 fully saturated rings. The zero-order valence-electron chi connectivity index (χ0n) is 7.11. The first kappa shape index (κ1) is 17.2. The summed E-state index contributed by atoms with van der Waals surface area (Å²) in [7, 11) is 0. The Labute approximate surface area is 82.8 Å². The number of hydrogen-bond acceptors (Lipinski definition) is 3. The number of carbonyl (C=O) groups is 2. The van der Waals surface area contributed by atoms with Crippen molar-refractivity contribution in [3.63, 3.8) is 0 Å². The van der Waals surface area contributed by atoms with Crippen molar-refractivity contribution >= 4 is 11.9 Å². The molecule has 5 heteroatoms. The van der Waals surface area contributed by atoms with Gasteiger partial charge in [0.15, 0.2) is 0 Å². The summed E-state index contributed by atoms with van der Waals surface area (Å²) in [6.45, 7) is 4.56. The number of carboxylic acid groups (broad SMARTS) is 2. The Bertz CT molecular complexity index is 174. The summed E-state index contributed by atoms with van der Waals surface area (Å²) in [5.74, 6) is -2.12. The molecule has 0 aromatic rings. The van der Waals surface area contributed by atoms with E-state index >= 15 is 0 Å². The molecule has 0 radical (unpaired) electrons. The van der Waals surface area contributed by atoms with Crippen LogP contribution in [0.4, 0.5) is 0 Å². The van der Waals surface area contributed by atoms with Crippen molar-refractivity contribution in [3.05, 3.63) is 24.8 Å². The second-order valence-electron chi connectivity index (χ2n) is 1.36. The van der Waals surface area contributed by atoms with Gasteiger partial charge in [-0.3, -0.25) is 0 Å². The Morgan fingerprint density at radius 2 is 1.83 bits per heavy atom. The average molecular weight is 164 g/mol. The zero-order chi connectivity index (χ0) is 9.28. The molecule has 0 aliphatic heterocycles. The molecule has 0 aliphatic rings. The van der Waals surface area contributed by atoms with E-state index in [9.17, 15) is 4.79 Å². The van der Waals surface area contributed by atoms with Crippen molar-refractivity contribution in [2.75, 3.05) is 0 Å². The summed E-state index contributed by atoms with van der Waals surface area (Å²) in [6.07, 6.45) is 3.28. The maximum atomic E-state index is 9.51. The van der Waals surface area contributed by atoms with Crippen molar-refractivity contribution in [2.45, 2.75) is 6.92 Å². The van der Waals surface area contributed by atoms with Gasteiger partial charge < -0.3 is 15.0 Å². The van der Waals surface area contributed by atoms with Crippen molar-refractivity contribution in [1.82, 2.24) is 0 Å². The molecule has 0 bridgehead atoms. The molecule has 0 aliphatic carbocycles. The molecular weight excluding hydrogens is 155 g/mol. The molecule has 0 saturated heterocycles. The van der Waals surface area contributed by atoms with Crippen molar-refractivity contribution in [3.8, 4) is 0 Å². The fourth-order valence-corrected chi connectivity index (χ4v) is 0.143. The van der Waals surface area contributed by atoms with Crippen LogP contribution in [0, 0.1) is 0 Å². The molecule has 0 amide bonds. The second-order valence-corrected chi connectivity index (χ2v) is 1.36. The minimum atomic E-state index is -1.23. The predicted molar refractivity (Wildman–Crippen MR) is 37.7 cm³/mol. The molecule has 0 unspecified atom stereocenters. The summed E-state index contributed by atoms with van der Waals surface area (Å²) in [5.41, 5.74) is 0. The molecule has 0 heterocycles. The van der Waals surface area contributed by atoms with E-state index in [4.69, 9.17) is 15.0 Å². The summed E-state index contributed by atoms with van der Waals surface area (Å²) >= 11 is 0. The SMILES string of the molecule is C/C=C/C(=O)O.C=CC(=O)[O-].[Li+]. The molecule has 12 heavy (non-hydrogen) atoms. The van der Waals surface area contributed by atoms with Crippen LogP contribution < -0.4 is 24.0 Å². The van der Waals surface area contributed by atoms with E-state index in [1.807, 2.05) is 0 Å². The molecule has 62 valence electrons. The number of rotatable bonds is 2. The van der Waals surface area contributed by atoms with E-state index in [0.717, 1.165) is 12.2 Å². The molecule has 0 aromatic heterocycles. The number of carbonyl (C=O) groups excluding carboxylic acids is 1. The summed E-state index contributed by atoms with van der Waals surface area (Å²) in [5, 5.41) is 17.0. The summed E-state index contributed by atoms with van der Waals surface area (Å²) < 4.78 is 0. The van der Waals surface area contributed by atoms with Gasteiger partial charge in [0, 0.05) is 6.08 Å². The fraction of sp³-hybridized carbons (Fsp3) is 0.143. The van der Waals surface area contributed by atoms with Gasteiger partial charge in [-0.1, -0.05) is 12.7 Å². The zero-order valence-corrected chi connectivity index (χ0v) is 7.11. The third-order valence-corrected chi connectivity index (χ3v) is 0.476. The van der Waals surface area contributed by atoms with Crippen LogP contribution in [0.2, 0.25) is 0 Å². The van der Waals surface area contributed by atoms with Gasteiger partial charge in [-0.05, 0) is 13.0 Å². The van der Waals surface area contributed by atoms with Gasteiger partial charge in [0.25, 0.3) is 0 Å². The van der Waals surface area contributed by atoms with Gasteiger partial charge in [0.05, 0.1) is 5.97 Å². The Morgan fingerprint density at radius 1 is 1.50 bits per heavy atom. The van der Waals surface area contributed by atoms with Gasteiger partial charge in [-0.25, -0.2) is 4.79 Å². The maximum Gasteiger partial charge on any atom is 1.00 e. The minimum Gasteiger partial charge on any atom is -0.545 e. The molecule has 0 saturated carbocycles. The minimum absolute atomic E-state index is 0. The topological polar surface area (TPSA) is 77.4 Å². The number of allylic oxidation sites excluding steroid dienone is 1. The molecule has 0 aromatic carbocycles. The first-order valence-electron chi connectivity index (χ1n) is 2.73. The summed E-state index contributed by atoms with van der Waals surface area (Å²) in [6, 6.07) is 0. The first-order valence-corrected chi connectivity index (χ1v) is 2.73. The smallest absolute Gasteiger partial charge is 0.545 e. The van der Waals surface area contributed by atoms with Crippen molar-refractivity contribution in [2.24, 2.45) is 0 Å². The average Bonchev–Trinajstić information content (AvgIpc) is 1.89. The van der Waals surface area contributed by atoms with Gasteiger partial charge >= 0.3 is 24.8 Å². The van der Waals surface area contributed by atoms with Crippen LogP contribution in [0.5, 0.6) is 0 Å². The summed E-state index contributed by atoms with van der Waals surface area (Å²) in [4.78, 5) is 18.7. The van der Waals surface area contributed by atoms with Crippen LogP contribution in [0.1, 0.15) is 6.92 Å². The van der Waals surface area contributed by atoms with Crippen LogP contribution in [0.15, 0.2) is 24.8 Å². The maximum absolute atomic E-state index is 9.51. The second kappa shape index (κ2) is 12.7. The predicted octanol–water partition coefficient (Wildman–Crippen LogP) is -3.43. The Morgan fingerprint density at radius 3 is 1.83 bits per heavy atom. The number of aliphatic carboxylic acids is 2. The standard InChI is InChI=1S/C4H6O2.C3H4O2.Li/c1-2-3-4(5)6;1-2-3(4)5;/h2-3H,1H3,(H,5,6);2H,1H2,(H,4,5);/q;;+1/p-1/b3-2+;;. The van der Waals surface area contributed by atoms with E-state index in [1.165, 1.54) is 6.08 Å². The van der Waals surface area contributed by atoms with Crippen LogP contribution in [0.25, 0.3) is 0 Å². The first-order chi connectivity index (χ1) is 5.04. The molecule has 0 rings (SSSR count). The van der Waals surface area contributed by atoms with E-state index in [0.29, 0.717) is 0 Å². The van der Waals surface area contributed by atoms with Gasteiger partial charge in [-0.15, -0.1) is 0 Å². The normalized spacial score (nSPS) is 7.42. The molecular formula is C7H9LiO4. The van der Waals surface area contributed by atoms with E-state index in [1.54, 1.807) is 6.92 Å². The Kier molecular flexibility index (Phi) is 18.2. The van der Waals surface area contributed by atoms with Crippen molar-refractivity contribution < 1.29 is 38.7 Å². The monoisotopic (exact) mass is 164 g/mol. The Hall–Kier alpha value is -0.983. The van der Waals surface area contributed by atoms with Crippen LogP contribution in [-0.2, 0) is 9.59 Å². The van der Waals surface area contributed by atoms with E-state index in [-0.39, 0.29) is 18.9 Å². The molecule has 4 nitrogen and oxygen atoms in total.